The maximum absolute atomic E-state index is 12.0. The quantitative estimate of drug-likeness (QED) is 0.663. The number of sulfonamides is 1. The van der Waals surface area contributed by atoms with Gasteiger partial charge in [0, 0.05) is 10.2 Å². The lowest BCUT2D eigenvalue weighted by Crippen LogP contribution is -2.32. The van der Waals surface area contributed by atoms with Gasteiger partial charge in [0.1, 0.15) is 0 Å². The molecule has 0 amide bonds. The summed E-state index contributed by atoms with van der Waals surface area (Å²) in [6.07, 6.45) is 1.20. The van der Waals surface area contributed by atoms with Gasteiger partial charge in [-0.1, -0.05) is 52.3 Å². The molecule has 0 saturated carbocycles. The van der Waals surface area contributed by atoms with Crippen molar-refractivity contribution in [3.8, 4) is 0 Å². The smallest absolute Gasteiger partial charge is 0.209 e. The van der Waals surface area contributed by atoms with E-state index in [2.05, 4.69) is 44.2 Å². The average Bonchev–Trinajstić information content (AvgIpc) is 2.85. The van der Waals surface area contributed by atoms with Gasteiger partial charge < -0.3 is 5.32 Å². The molecule has 3 aromatic rings. The van der Waals surface area contributed by atoms with E-state index >= 15 is 0 Å². The third-order valence-electron chi connectivity index (χ3n) is 4.48. The van der Waals surface area contributed by atoms with Gasteiger partial charge in [0.25, 0.3) is 0 Å². The first kappa shape index (κ1) is 16.6. The van der Waals surface area contributed by atoms with E-state index in [1.807, 2.05) is 42.5 Å². The Kier molecular flexibility index (Phi) is 4.06. The molecule has 0 saturated heterocycles. The Morgan fingerprint density at radius 3 is 2.08 bits per heavy atom. The van der Waals surface area contributed by atoms with Crippen LogP contribution in [0.25, 0.3) is 10.8 Å². The van der Waals surface area contributed by atoms with Crippen LogP contribution in [-0.2, 0) is 10.0 Å². The van der Waals surface area contributed by atoms with E-state index in [4.69, 9.17) is 0 Å². The van der Waals surface area contributed by atoms with Crippen LogP contribution in [0.15, 0.2) is 65.1 Å². The molecule has 0 aromatic heterocycles. The molecule has 2 atom stereocenters. The number of halogens is 1. The molecule has 4 nitrogen and oxygen atoms in total. The van der Waals surface area contributed by atoms with Crippen LogP contribution in [0.1, 0.15) is 23.2 Å². The molecule has 0 spiro atoms. The lowest BCUT2D eigenvalue weighted by molar-refractivity contribution is 0.539. The SMILES string of the molecule is CS(=O)(=O)N[C@@H]1c2cccc3cccc(c23)[C@@H]1Nc1ccc(Br)cc1. The van der Waals surface area contributed by atoms with E-state index in [0.29, 0.717) is 0 Å². The molecule has 2 N–H and O–H groups in total. The minimum absolute atomic E-state index is 0.169. The maximum atomic E-state index is 12.0. The molecule has 25 heavy (non-hydrogen) atoms. The molecule has 1 aliphatic carbocycles. The van der Waals surface area contributed by atoms with E-state index in [9.17, 15) is 8.42 Å². The van der Waals surface area contributed by atoms with Gasteiger partial charge in [-0.25, -0.2) is 13.1 Å². The first-order valence-corrected chi connectivity index (χ1v) is 10.6. The topological polar surface area (TPSA) is 58.2 Å². The molecule has 0 heterocycles. The van der Waals surface area contributed by atoms with E-state index in [1.165, 1.54) is 6.26 Å². The second-order valence-corrected chi connectivity index (χ2v) is 8.98. The molecular weight excluding hydrogens is 400 g/mol. The highest BCUT2D eigenvalue weighted by molar-refractivity contribution is 9.10. The van der Waals surface area contributed by atoms with Gasteiger partial charge in [-0.15, -0.1) is 0 Å². The number of hydrogen-bond acceptors (Lipinski definition) is 3. The van der Waals surface area contributed by atoms with Crippen LogP contribution < -0.4 is 10.0 Å². The highest BCUT2D eigenvalue weighted by Gasteiger charge is 2.35. The van der Waals surface area contributed by atoms with E-state index < -0.39 is 10.0 Å². The second kappa shape index (κ2) is 6.12. The summed E-state index contributed by atoms with van der Waals surface area (Å²) in [6.45, 7) is 0. The predicted molar refractivity (Wildman–Crippen MR) is 105 cm³/mol. The van der Waals surface area contributed by atoms with Crippen molar-refractivity contribution in [2.24, 2.45) is 0 Å². The molecule has 1 aliphatic rings. The maximum Gasteiger partial charge on any atom is 0.209 e. The van der Waals surface area contributed by atoms with Crippen LogP contribution in [0.3, 0.4) is 0 Å². The molecule has 0 aliphatic heterocycles. The Bertz CT molecular complexity index is 1040. The number of benzene rings is 3. The number of rotatable bonds is 4. The largest absolute Gasteiger partial charge is 0.376 e. The average molecular weight is 417 g/mol. The lowest BCUT2D eigenvalue weighted by Gasteiger charge is -2.24. The summed E-state index contributed by atoms with van der Waals surface area (Å²) in [7, 11) is -3.35. The van der Waals surface area contributed by atoms with Crippen LogP contribution >= 0.6 is 15.9 Å². The minimum Gasteiger partial charge on any atom is -0.376 e. The third-order valence-corrected chi connectivity index (χ3v) is 5.69. The van der Waals surface area contributed by atoms with Crippen LogP contribution in [0.5, 0.6) is 0 Å². The molecular formula is C19H17BrN2O2S. The van der Waals surface area contributed by atoms with E-state index in [0.717, 1.165) is 32.1 Å². The molecule has 6 heteroatoms. The first-order chi connectivity index (χ1) is 11.9. The van der Waals surface area contributed by atoms with Gasteiger partial charge in [-0.2, -0.15) is 0 Å². The monoisotopic (exact) mass is 416 g/mol. The van der Waals surface area contributed by atoms with Crippen LogP contribution in [-0.4, -0.2) is 14.7 Å². The Labute approximate surface area is 155 Å². The Balaban J connectivity index is 1.83. The van der Waals surface area contributed by atoms with Crippen molar-refractivity contribution in [1.82, 2.24) is 4.72 Å². The molecule has 0 unspecified atom stereocenters. The predicted octanol–water partition coefficient (Wildman–Crippen LogP) is 4.36. The summed E-state index contributed by atoms with van der Waals surface area (Å²) in [5.74, 6) is 0. The molecule has 3 aromatic carbocycles. The van der Waals surface area contributed by atoms with Gasteiger partial charge in [-0.3, -0.25) is 0 Å². The van der Waals surface area contributed by atoms with Gasteiger partial charge in [0.2, 0.25) is 10.0 Å². The summed E-state index contributed by atoms with van der Waals surface area (Å²) < 4.78 is 27.7. The molecule has 4 rings (SSSR count). The highest BCUT2D eigenvalue weighted by atomic mass is 79.9. The summed E-state index contributed by atoms with van der Waals surface area (Å²) in [5, 5.41) is 5.75. The van der Waals surface area contributed by atoms with Crippen LogP contribution in [0, 0.1) is 0 Å². The fraction of sp³-hybridized carbons (Fsp3) is 0.158. The normalized spacial score (nSPS) is 19.3. The van der Waals surface area contributed by atoms with Crippen molar-refractivity contribution < 1.29 is 8.42 Å². The standard InChI is InChI=1S/C19H17BrN2O2S/c1-25(23,24)22-19-16-7-3-5-12-4-2-6-15(17(12)16)18(19)21-14-10-8-13(20)9-11-14/h2-11,18-19,21-22H,1H3/t18-,19+/m0/s1. The van der Waals surface area contributed by atoms with Crippen molar-refractivity contribution >= 4 is 42.4 Å². The molecule has 0 radical (unpaired) electrons. The lowest BCUT2D eigenvalue weighted by atomic mass is 10.0. The fourth-order valence-corrected chi connectivity index (χ4v) is 4.51. The molecule has 0 bridgehead atoms. The molecule has 0 fully saturated rings. The summed E-state index contributed by atoms with van der Waals surface area (Å²) in [5.41, 5.74) is 3.06. The van der Waals surface area contributed by atoms with Crippen LogP contribution in [0.2, 0.25) is 0 Å². The third kappa shape index (κ3) is 3.17. The highest BCUT2D eigenvalue weighted by Crippen LogP contribution is 2.45. The van der Waals surface area contributed by atoms with Crippen molar-refractivity contribution in [1.29, 1.82) is 0 Å². The number of hydrogen-bond donors (Lipinski definition) is 2. The van der Waals surface area contributed by atoms with Crippen LogP contribution in [0.4, 0.5) is 5.69 Å². The minimum atomic E-state index is -3.35. The van der Waals surface area contributed by atoms with Crippen molar-refractivity contribution in [3.05, 3.63) is 76.3 Å². The zero-order valence-electron chi connectivity index (χ0n) is 13.5. The van der Waals surface area contributed by atoms with E-state index in [1.54, 1.807) is 0 Å². The Morgan fingerprint density at radius 2 is 1.48 bits per heavy atom. The van der Waals surface area contributed by atoms with E-state index in [-0.39, 0.29) is 12.1 Å². The van der Waals surface area contributed by atoms with Gasteiger partial charge >= 0.3 is 0 Å². The Morgan fingerprint density at radius 1 is 0.880 bits per heavy atom. The number of nitrogens with one attached hydrogen (secondary N) is 2. The van der Waals surface area contributed by atoms with Crippen molar-refractivity contribution in [2.45, 2.75) is 12.1 Å². The summed E-state index contributed by atoms with van der Waals surface area (Å²) in [6, 6.07) is 19.5. The number of anilines is 1. The fourth-order valence-electron chi connectivity index (χ4n) is 3.53. The van der Waals surface area contributed by atoms with Crippen molar-refractivity contribution in [3.63, 3.8) is 0 Å². The first-order valence-electron chi connectivity index (χ1n) is 7.93. The molecule has 128 valence electrons. The Hall–Kier alpha value is -1.89. The summed E-state index contributed by atoms with van der Waals surface area (Å²) in [4.78, 5) is 0. The zero-order valence-corrected chi connectivity index (χ0v) is 15.9. The zero-order chi connectivity index (χ0) is 17.6. The second-order valence-electron chi connectivity index (χ2n) is 6.29. The van der Waals surface area contributed by atoms with Crippen molar-refractivity contribution in [2.75, 3.05) is 11.6 Å². The van der Waals surface area contributed by atoms with Gasteiger partial charge in [0.05, 0.1) is 18.3 Å². The van der Waals surface area contributed by atoms with Gasteiger partial charge in [-0.05, 0) is 46.2 Å². The van der Waals surface area contributed by atoms with Gasteiger partial charge in [0.15, 0.2) is 0 Å². The summed E-state index contributed by atoms with van der Waals surface area (Å²) >= 11 is 3.44.